The Kier molecular flexibility index (Phi) is 8.40. The molecule has 0 saturated carbocycles. The first-order chi connectivity index (χ1) is 9.08. The minimum atomic E-state index is -0.290. The van der Waals surface area contributed by atoms with Crippen molar-refractivity contribution in [1.82, 2.24) is 10.6 Å². The number of benzene rings is 1. The minimum Gasteiger partial charge on any atom is -0.356 e. The molecular formula is C14H23ClN4O. The predicted molar refractivity (Wildman–Crippen MR) is 87.0 cm³/mol. The van der Waals surface area contributed by atoms with E-state index < -0.39 is 0 Å². The molecule has 5 nitrogen and oxygen atoms in total. The molecule has 0 fully saturated rings. The topological polar surface area (TPSA) is 65.5 Å². The molecule has 0 atom stereocenters. The lowest BCUT2D eigenvalue weighted by molar-refractivity contribution is 0.256. The predicted octanol–water partition coefficient (Wildman–Crippen LogP) is 2.83. The maximum atomic E-state index is 11.9. The van der Waals surface area contributed by atoms with E-state index in [1.165, 1.54) is 0 Å². The second-order valence-corrected chi connectivity index (χ2v) is 4.34. The Morgan fingerprint density at radius 3 is 2.35 bits per heavy atom. The molecule has 1 aromatic carbocycles. The van der Waals surface area contributed by atoms with Gasteiger partial charge in [0.25, 0.3) is 0 Å². The molecule has 1 rings (SSSR count). The number of urea groups is 1. The molecule has 6 heteroatoms. The minimum absolute atomic E-state index is 0. The van der Waals surface area contributed by atoms with Crippen molar-refractivity contribution in [3.05, 3.63) is 29.3 Å². The van der Waals surface area contributed by atoms with Crippen molar-refractivity contribution in [3.8, 4) is 0 Å². The molecule has 1 aromatic rings. The molecule has 112 valence electrons. The summed E-state index contributed by atoms with van der Waals surface area (Å²) in [5.74, 6) is 0.477. The van der Waals surface area contributed by atoms with Crippen LogP contribution in [0.5, 0.6) is 0 Å². The van der Waals surface area contributed by atoms with E-state index >= 15 is 0 Å². The van der Waals surface area contributed by atoms with E-state index in [1.807, 2.05) is 32.0 Å². The number of carbonyl (C=O) groups is 1. The number of aliphatic imine (C=N–C) groups is 1. The molecule has 0 bridgehead atoms. The number of hydrogen-bond acceptors (Lipinski definition) is 2. The Labute approximate surface area is 126 Å². The van der Waals surface area contributed by atoms with Crippen molar-refractivity contribution in [2.45, 2.75) is 27.2 Å². The molecule has 0 aromatic heterocycles. The molecule has 0 aliphatic rings. The van der Waals surface area contributed by atoms with Crippen molar-refractivity contribution in [1.29, 1.82) is 0 Å². The Bertz CT molecular complexity index is 454. The first-order valence-electron chi connectivity index (χ1n) is 6.43. The lowest BCUT2D eigenvalue weighted by atomic mass is 10.1. The highest BCUT2D eigenvalue weighted by Crippen LogP contribution is 2.18. The molecule has 0 spiro atoms. The van der Waals surface area contributed by atoms with E-state index in [-0.39, 0.29) is 18.4 Å². The van der Waals surface area contributed by atoms with Crippen LogP contribution in [0.4, 0.5) is 10.5 Å². The highest BCUT2D eigenvalue weighted by molar-refractivity contribution is 6.02. The van der Waals surface area contributed by atoms with Crippen molar-refractivity contribution >= 4 is 30.1 Å². The Morgan fingerprint density at radius 2 is 1.85 bits per heavy atom. The third kappa shape index (κ3) is 5.48. The summed E-state index contributed by atoms with van der Waals surface area (Å²) in [6.45, 7) is 6.76. The van der Waals surface area contributed by atoms with Crippen LogP contribution < -0.4 is 16.0 Å². The summed E-state index contributed by atoms with van der Waals surface area (Å²) in [6.07, 6.45) is 0.971. The lowest BCUT2D eigenvalue weighted by Gasteiger charge is -2.14. The fourth-order valence-corrected chi connectivity index (χ4v) is 1.69. The van der Waals surface area contributed by atoms with Gasteiger partial charge in [-0.25, -0.2) is 4.79 Å². The van der Waals surface area contributed by atoms with Crippen LogP contribution in [-0.2, 0) is 0 Å². The van der Waals surface area contributed by atoms with Gasteiger partial charge >= 0.3 is 6.03 Å². The van der Waals surface area contributed by atoms with Gasteiger partial charge in [-0.3, -0.25) is 10.3 Å². The van der Waals surface area contributed by atoms with Crippen molar-refractivity contribution < 1.29 is 4.79 Å². The van der Waals surface area contributed by atoms with Crippen LogP contribution in [0.25, 0.3) is 0 Å². The zero-order valence-electron chi connectivity index (χ0n) is 12.4. The second kappa shape index (κ2) is 9.20. The monoisotopic (exact) mass is 298 g/mol. The van der Waals surface area contributed by atoms with Gasteiger partial charge in [0.1, 0.15) is 0 Å². The summed E-state index contributed by atoms with van der Waals surface area (Å²) >= 11 is 0. The number of hydrogen-bond donors (Lipinski definition) is 3. The molecule has 2 amide bonds. The zero-order valence-corrected chi connectivity index (χ0v) is 13.2. The molecule has 0 saturated heterocycles. The third-order valence-corrected chi connectivity index (χ3v) is 2.72. The van der Waals surface area contributed by atoms with Crippen LogP contribution >= 0.6 is 12.4 Å². The van der Waals surface area contributed by atoms with Gasteiger partial charge < -0.3 is 10.6 Å². The lowest BCUT2D eigenvalue weighted by Crippen LogP contribution is -2.43. The highest BCUT2D eigenvalue weighted by Gasteiger charge is 2.08. The van der Waals surface area contributed by atoms with Gasteiger partial charge in [-0.15, -0.1) is 12.4 Å². The van der Waals surface area contributed by atoms with E-state index in [2.05, 4.69) is 27.9 Å². The number of rotatable bonds is 3. The van der Waals surface area contributed by atoms with Crippen molar-refractivity contribution in [3.63, 3.8) is 0 Å². The van der Waals surface area contributed by atoms with Gasteiger partial charge in [0.15, 0.2) is 5.96 Å². The van der Waals surface area contributed by atoms with E-state index in [4.69, 9.17) is 0 Å². The smallest absolute Gasteiger partial charge is 0.326 e. The largest absolute Gasteiger partial charge is 0.356 e. The van der Waals surface area contributed by atoms with Crippen LogP contribution in [0.3, 0.4) is 0 Å². The maximum Gasteiger partial charge on any atom is 0.326 e. The highest BCUT2D eigenvalue weighted by atomic mass is 35.5. The van der Waals surface area contributed by atoms with Crippen molar-refractivity contribution in [2.75, 3.05) is 18.9 Å². The molecule has 0 unspecified atom stereocenters. The van der Waals surface area contributed by atoms with Gasteiger partial charge in [-0.1, -0.05) is 25.1 Å². The van der Waals surface area contributed by atoms with Crippen LogP contribution in [0, 0.1) is 13.8 Å². The first-order valence-corrected chi connectivity index (χ1v) is 6.43. The van der Waals surface area contributed by atoms with E-state index in [0.717, 1.165) is 29.8 Å². The number of halogens is 1. The zero-order chi connectivity index (χ0) is 14.3. The molecule has 3 N–H and O–H groups in total. The number of aryl methyl sites for hydroxylation is 2. The average Bonchev–Trinajstić information content (AvgIpc) is 2.39. The third-order valence-electron chi connectivity index (χ3n) is 2.72. The van der Waals surface area contributed by atoms with E-state index in [1.54, 1.807) is 7.05 Å². The van der Waals surface area contributed by atoms with Crippen molar-refractivity contribution in [2.24, 2.45) is 4.99 Å². The Morgan fingerprint density at radius 1 is 1.25 bits per heavy atom. The summed E-state index contributed by atoms with van der Waals surface area (Å²) in [4.78, 5) is 15.9. The quantitative estimate of drug-likeness (QED) is 0.593. The normalized spacial score (nSPS) is 10.5. The summed E-state index contributed by atoms with van der Waals surface area (Å²) in [5, 5.41) is 8.59. The fraction of sp³-hybridized carbons (Fsp3) is 0.429. The number of anilines is 1. The summed E-state index contributed by atoms with van der Waals surface area (Å²) < 4.78 is 0. The average molecular weight is 299 g/mol. The summed E-state index contributed by atoms with van der Waals surface area (Å²) in [6, 6.07) is 5.61. The first kappa shape index (κ1) is 18.2. The van der Waals surface area contributed by atoms with Crippen LogP contribution in [0.1, 0.15) is 24.5 Å². The molecule has 0 heterocycles. The molecule has 0 aliphatic carbocycles. The van der Waals surface area contributed by atoms with E-state index in [9.17, 15) is 4.79 Å². The second-order valence-electron chi connectivity index (χ2n) is 4.34. The standard InChI is InChI=1S/C14H22N4O.ClH/c1-5-9-16-13(15-4)18-14(19)17-12-10(2)7-6-8-11(12)3;/h6-8H,5,9H2,1-4H3,(H3,15,16,17,18,19);1H. The number of nitrogens with one attached hydrogen (secondary N) is 3. The van der Waals surface area contributed by atoms with E-state index in [0.29, 0.717) is 5.96 Å². The maximum absolute atomic E-state index is 11.9. The SMILES string of the molecule is CCCNC(=NC)NC(=O)Nc1c(C)cccc1C.Cl. The molecule has 20 heavy (non-hydrogen) atoms. The van der Waals surface area contributed by atoms with Gasteiger partial charge in [0, 0.05) is 19.3 Å². The van der Waals surface area contributed by atoms with Gasteiger partial charge in [0.2, 0.25) is 0 Å². The number of para-hydroxylation sites is 1. The molecule has 0 radical (unpaired) electrons. The number of carbonyl (C=O) groups excluding carboxylic acids is 1. The molecular weight excluding hydrogens is 276 g/mol. The van der Waals surface area contributed by atoms with Gasteiger partial charge in [-0.2, -0.15) is 0 Å². The Balaban J connectivity index is 0.00000361. The summed E-state index contributed by atoms with van der Waals surface area (Å²) in [5.41, 5.74) is 2.91. The van der Waals surface area contributed by atoms with Crippen LogP contribution in [0.15, 0.2) is 23.2 Å². The fourth-order valence-electron chi connectivity index (χ4n) is 1.69. The molecule has 0 aliphatic heterocycles. The van der Waals surface area contributed by atoms with Crippen LogP contribution in [0.2, 0.25) is 0 Å². The number of amides is 2. The van der Waals surface area contributed by atoms with Gasteiger partial charge in [0.05, 0.1) is 0 Å². The summed E-state index contributed by atoms with van der Waals surface area (Å²) in [7, 11) is 1.64. The Hall–Kier alpha value is -1.75. The number of nitrogens with zero attached hydrogens (tertiary/aromatic N) is 1. The number of guanidine groups is 1. The van der Waals surface area contributed by atoms with Crippen LogP contribution in [-0.4, -0.2) is 25.6 Å². The van der Waals surface area contributed by atoms with Gasteiger partial charge in [-0.05, 0) is 31.4 Å².